The number of aromatic nitrogens is 1. The molecule has 2 heterocycles. The normalized spacial score (nSPS) is 18.0. The zero-order valence-corrected chi connectivity index (χ0v) is 15.3. The number of amides is 2. The van der Waals surface area contributed by atoms with Gasteiger partial charge in [-0.05, 0) is 7.05 Å². The van der Waals surface area contributed by atoms with Crippen LogP contribution in [-0.4, -0.2) is 59.8 Å². The van der Waals surface area contributed by atoms with Gasteiger partial charge in [0.1, 0.15) is 5.01 Å². The largest absolute Gasteiger partial charge is 0.353 e. The molecule has 1 aromatic heterocycles. The second-order valence-electron chi connectivity index (χ2n) is 6.25. The first-order valence-corrected chi connectivity index (χ1v) is 9.14. The number of nitrogens with one attached hydrogen (secondary N) is 1. The molecule has 2 aromatic rings. The van der Waals surface area contributed by atoms with Gasteiger partial charge in [-0.1, -0.05) is 30.3 Å². The lowest BCUT2D eigenvalue weighted by atomic mass is 10.1. The maximum Gasteiger partial charge on any atom is 0.237 e. The van der Waals surface area contributed by atoms with Crippen LogP contribution >= 0.6 is 11.3 Å². The summed E-state index contributed by atoms with van der Waals surface area (Å²) in [5.74, 6) is -0.126. The van der Waals surface area contributed by atoms with E-state index in [0.717, 1.165) is 22.8 Å². The van der Waals surface area contributed by atoms with Crippen LogP contribution in [0, 0.1) is 0 Å². The number of carbonyl (C=O) groups excluding carboxylic acids is 2. The first kappa shape index (κ1) is 17.6. The van der Waals surface area contributed by atoms with E-state index >= 15 is 0 Å². The Balaban J connectivity index is 1.60. The van der Waals surface area contributed by atoms with E-state index in [4.69, 9.17) is 0 Å². The number of carbonyl (C=O) groups is 2. The Kier molecular flexibility index (Phi) is 5.45. The topological polar surface area (TPSA) is 65.5 Å². The molecule has 0 spiro atoms. The van der Waals surface area contributed by atoms with Crippen molar-refractivity contribution in [2.24, 2.45) is 0 Å². The molecule has 2 amide bonds. The van der Waals surface area contributed by atoms with Crippen LogP contribution in [0.15, 0.2) is 35.7 Å². The van der Waals surface area contributed by atoms with Gasteiger partial charge in [-0.25, -0.2) is 4.98 Å². The van der Waals surface area contributed by atoms with Crippen LogP contribution in [0.25, 0.3) is 10.6 Å². The lowest BCUT2D eigenvalue weighted by molar-refractivity contribution is -0.137. The fourth-order valence-corrected chi connectivity index (χ4v) is 3.64. The Hall–Kier alpha value is -2.25. The van der Waals surface area contributed by atoms with Crippen molar-refractivity contribution in [2.75, 3.05) is 27.2 Å². The third-order valence-electron chi connectivity index (χ3n) is 4.36. The van der Waals surface area contributed by atoms with Gasteiger partial charge in [0, 0.05) is 31.1 Å². The molecule has 7 heteroatoms. The standard InChI is InChI=1S/C18H22N4O2S/c1-21-9-8-19-17(24)15(21)10-16(23)22(2)11-14-12-25-18(20-14)13-6-4-3-5-7-13/h3-7,12,15H,8-11H2,1-2H3,(H,19,24). The molecule has 3 rings (SSSR count). The summed E-state index contributed by atoms with van der Waals surface area (Å²) in [5.41, 5.74) is 1.94. The van der Waals surface area contributed by atoms with Gasteiger partial charge in [-0.15, -0.1) is 11.3 Å². The number of rotatable bonds is 5. The number of thiazole rings is 1. The van der Waals surface area contributed by atoms with Crippen molar-refractivity contribution in [3.63, 3.8) is 0 Å². The predicted molar refractivity (Wildman–Crippen MR) is 98.1 cm³/mol. The van der Waals surface area contributed by atoms with Crippen molar-refractivity contribution >= 4 is 23.2 Å². The van der Waals surface area contributed by atoms with Gasteiger partial charge >= 0.3 is 0 Å². The summed E-state index contributed by atoms with van der Waals surface area (Å²) in [7, 11) is 3.63. The molecular formula is C18H22N4O2S. The van der Waals surface area contributed by atoms with Crippen molar-refractivity contribution in [3.05, 3.63) is 41.4 Å². The molecule has 132 valence electrons. The van der Waals surface area contributed by atoms with E-state index in [2.05, 4.69) is 10.3 Å². The highest BCUT2D eigenvalue weighted by molar-refractivity contribution is 7.13. The third-order valence-corrected chi connectivity index (χ3v) is 5.30. The molecular weight excluding hydrogens is 336 g/mol. The van der Waals surface area contributed by atoms with Gasteiger partial charge < -0.3 is 10.2 Å². The minimum absolute atomic E-state index is 0.0526. The first-order chi connectivity index (χ1) is 12.0. The molecule has 1 N–H and O–H groups in total. The van der Waals surface area contributed by atoms with Crippen molar-refractivity contribution in [3.8, 4) is 10.6 Å². The molecule has 1 saturated heterocycles. The molecule has 1 aliphatic heterocycles. The highest BCUT2D eigenvalue weighted by Gasteiger charge is 2.30. The average Bonchev–Trinajstić information content (AvgIpc) is 3.07. The van der Waals surface area contributed by atoms with Crippen LogP contribution in [0.4, 0.5) is 0 Å². The molecule has 6 nitrogen and oxygen atoms in total. The van der Waals surface area contributed by atoms with Gasteiger partial charge in [-0.3, -0.25) is 14.5 Å². The highest BCUT2D eigenvalue weighted by Crippen LogP contribution is 2.23. The van der Waals surface area contributed by atoms with E-state index < -0.39 is 0 Å². The van der Waals surface area contributed by atoms with Crippen LogP contribution in [0.5, 0.6) is 0 Å². The first-order valence-electron chi connectivity index (χ1n) is 8.26. The highest BCUT2D eigenvalue weighted by atomic mass is 32.1. The molecule has 0 radical (unpaired) electrons. The van der Waals surface area contributed by atoms with E-state index in [1.807, 2.05) is 47.7 Å². The van der Waals surface area contributed by atoms with Crippen LogP contribution in [0.2, 0.25) is 0 Å². The van der Waals surface area contributed by atoms with E-state index in [1.165, 1.54) is 0 Å². The van der Waals surface area contributed by atoms with E-state index in [0.29, 0.717) is 13.1 Å². The van der Waals surface area contributed by atoms with Crippen molar-refractivity contribution in [1.82, 2.24) is 20.1 Å². The Labute approximate surface area is 151 Å². The molecule has 1 aliphatic rings. The summed E-state index contributed by atoms with van der Waals surface area (Å²) < 4.78 is 0. The second-order valence-corrected chi connectivity index (χ2v) is 7.11. The van der Waals surface area contributed by atoms with Crippen LogP contribution in [0.1, 0.15) is 12.1 Å². The van der Waals surface area contributed by atoms with Crippen molar-refractivity contribution in [2.45, 2.75) is 19.0 Å². The quantitative estimate of drug-likeness (QED) is 0.882. The number of piperazine rings is 1. The smallest absolute Gasteiger partial charge is 0.237 e. The summed E-state index contributed by atoms with van der Waals surface area (Å²) in [4.78, 5) is 32.6. The molecule has 25 heavy (non-hydrogen) atoms. The van der Waals surface area contributed by atoms with Crippen molar-refractivity contribution < 1.29 is 9.59 Å². The molecule has 1 unspecified atom stereocenters. The fraction of sp³-hybridized carbons (Fsp3) is 0.389. The summed E-state index contributed by atoms with van der Waals surface area (Å²) in [5, 5.41) is 5.74. The number of hydrogen-bond donors (Lipinski definition) is 1. The average molecular weight is 358 g/mol. The Bertz CT molecular complexity index is 747. The maximum absolute atomic E-state index is 12.5. The Morgan fingerprint density at radius 2 is 2.16 bits per heavy atom. The number of likely N-dealkylation sites (N-methyl/N-ethyl adjacent to an activating group) is 1. The zero-order chi connectivity index (χ0) is 17.8. The Morgan fingerprint density at radius 1 is 1.40 bits per heavy atom. The third kappa shape index (κ3) is 4.24. The molecule has 1 atom stereocenters. The molecule has 0 saturated carbocycles. The predicted octanol–water partition coefficient (Wildman–Crippen LogP) is 1.59. The number of benzene rings is 1. The minimum Gasteiger partial charge on any atom is -0.353 e. The van der Waals surface area contributed by atoms with Crippen LogP contribution < -0.4 is 5.32 Å². The van der Waals surface area contributed by atoms with Crippen LogP contribution in [-0.2, 0) is 16.1 Å². The molecule has 1 fully saturated rings. The minimum atomic E-state index is -0.390. The van der Waals surface area contributed by atoms with Gasteiger partial charge in [0.05, 0.1) is 24.7 Å². The lowest BCUT2D eigenvalue weighted by Crippen LogP contribution is -2.54. The Morgan fingerprint density at radius 3 is 2.88 bits per heavy atom. The summed E-state index contributed by atoms with van der Waals surface area (Å²) in [6, 6.07) is 9.60. The van der Waals surface area contributed by atoms with Crippen LogP contribution in [0.3, 0.4) is 0 Å². The maximum atomic E-state index is 12.5. The lowest BCUT2D eigenvalue weighted by Gasteiger charge is -2.32. The summed E-state index contributed by atoms with van der Waals surface area (Å²) in [6.45, 7) is 1.84. The molecule has 1 aromatic carbocycles. The number of nitrogens with zero attached hydrogens (tertiary/aromatic N) is 3. The van der Waals surface area contributed by atoms with E-state index in [9.17, 15) is 9.59 Å². The fourth-order valence-electron chi connectivity index (χ4n) is 2.82. The molecule has 0 aliphatic carbocycles. The van der Waals surface area contributed by atoms with Gasteiger partial charge in [0.25, 0.3) is 0 Å². The SMILES string of the molecule is CN(Cc1csc(-c2ccccc2)n1)C(=O)CC1C(=O)NCCN1C. The monoisotopic (exact) mass is 358 g/mol. The summed E-state index contributed by atoms with van der Waals surface area (Å²) in [6.07, 6.45) is 0.189. The zero-order valence-electron chi connectivity index (χ0n) is 14.4. The second kappa shape index (κ2) is 7.76. The molecule has 0 bridgehead atoms. The van der Waals surface area contributed by atoms with E-state index in [-0.39, 0.29) is 24.3 Å². The van der Waals surface area contributed by atoms with Crippen molar-refractivity contribution in [1.29, 1.82) is 0 Å². The van der Waals surface area contributed by atoms with Gasteiger partial charge in [0.2, 0.25) is 11.8 Å². The van der Waals surface area contributed by atoms with Gasteiger partial charge in [-0.2, -0.15) is 0 Å². The van der Waals surface area contributed by atoms with Gasteiger partial charge in [0.15, 0.2) is 0 Å². The van der Waals surface area contributed by atoms with E-state index in [1.54, 1.807) is 23.3 Å². The summed E-state index contributed by atoms with van der Waals surface area (Å²) >= 11 is 1.57. The number of hydrogen-bond acceptors (Lipinski definition) is 5.